The summed E-state index contributed by atoms with van der Waals surface area (Å²) >= 11 is 0. The molecule has 0 aromatic heterocycles. The van der Waals surface area contributed by atoms with Crippen LogP contribution in [0.1, 0.15) is 10.4 Å². The molecule has 3 atom stereocenters. The molecule has 25 heavy (non-hydrogen) atoms. The minimum atomic E-state index is -4.64. The van der Waals surface area contributed by atoms with Gasteiger partial charge in [-0.1, -0.05) is 12.1 Å². The SMILES string of the molecule is Nc1ccccc1C(=O)O.O=CC(O)C(O)C(O)CO.O=P(O)(O)O. The number of nitrogens with two attached hydrogens (primary N) is 1. The number of hydrogen-bond donors (Lipinski definition) is 9. The number of phosphoric acid groups is 1. The Hall–Kier alpha value is -1.89. The number of carboxylic acids is 1. The maximum atomic E-state index is 10.3. The van der Waals surface area contributed by atoms with Crippen LogP contribution in [-0.4, -0.2) is 77.4 Å². The van der Waals surface area contributed by atoms with Crippen LogP contribution in [-0.2, 0) is 9.36 Å². The lowest BCUT2D eigenvalue weighted by Gasteiger charge is -2.16. The molecule has 0 radical (unpaired) electrons. The van der Waals surface area contributed by atoms with E-state index in [0.717, 1.165) is 0 Å². The number of carboxylic acid groups (broad SMARTS) is 1. The van der Waals surface area contributed by atoms with Crippen LogP contribution in [0.15, 0.2) is 24.3 Å². The van der Waals surface area contributed by atoms with Gasteiger partial charge in [0, 0.05) is 5.69 Å². The van der Waals surface area contributed by atoms with E-state index in [0.29, 0.717) is 5.69 Å². The summed E-state index contributed by atoms with van der Waals surface area (Å²) in [7, 11) is -4.64. The molecular weight excluding hydrogens is 365 g/mol. The Kier molecular flexibility index (Phi) is 12.6. The fraction of sp³-hybridized carbons (Fsp3) is 0.333. The highest BCUT2D eigenvalue weighted by Gasteiger charge is 2.22. The van der Waals surface area contributed by atoms with Crippen LogP contribution in [0.5, 0.6) is 0 Å². The van der Waals surface area contributed by atoms with Crippen LogP contribution >= 0.6 is 7.82 Å². The second kappa shape index (κ2) is 12.5. The molecule has 1 rings (SSSR count). The second-order valence-corrected chi connectivity index (χ2v) is 5.30. The van der Waals surface area contributed by atoms with Crippen molar-refractivity contribution in [3.63, 3.8) is 0 Å². The van der Waals surface area contributed by atoms with E-state index in [1.54, 1.807) is 18.2 Å². The zero-order valence-corrected chi connectivity index (χ0v) is 13.5. The minimum Gasteiger partial charge on any atom is -0.478 e. The molecule has 0 aliphatic heterocycles. The first-order valence-corrected chi connectivity index (χ1v) is 7.88. The highest BCUT2D eigenvalue weighted by atomic mass is 31.2. The Bertz CT molecular complexity index is 568. The number of carbonyl (C=O) groups excluding carboxylic acids is 1. The lowest BCUT2D eigenvalue weighted by atomic mass is 10.1. The molecule has 0 saturated carbocycles. The number of hydrogen-bond acceptors (Lipinski definition) is 8. The highest BCUT2D eigenvalue weighted by Crippen LogP contribution is 2.25. The summed E-state index contributed by atoms with van der Waals surface area (Å²) in [5, 5.41) is 42.5. The number of anilines is 1. The van der Waals surface area contributed by atoms with Gasteiger partial charge in [0.15, 0.2) is 6.29 Å². The van der Waals surface area contributed by atoms with Gasteiger partial charge in [0.2, 0.25) is 0 Å². The molecule has 0 heterocycles. The summed E-state index contributed by atoms with van der Waals surface area (Å²) in [6.07, 6.45) is -4.63. The first-order valence-electron chi connectivity index (χ1n) is 6.31. The van der Waals surface area contributed by atoms with Crippen LogP contribution in [0.3, 0.4) is 0 Å². The Morgan fingerprint density at radius 2 is 1.60 bits per heavy atom. The summed E-state index contributed by atoms with van der Waals surface area (Å²) in [4.78, 5) is 41.7. The molecule has 0 aliphatic carbocycles. The lowest BCUT2D eigenvalue weighted by Crippen LogP contribution is -2.40. The zero-order valence-electron chi connectivity index (χ0n) is 12.7. The largest absolute Gasteiger partial charge is 0.478 e. The Morgan fingerprint density at radius 1 is 1.16 bits per heavy atom. The summed E-state index contributed by atoms with van der Waals surface area (Å²) in [6.45, 7) is -0.688. The van der Waals surface area contributed by atoms with Crippen LogP contribution in [0.4, 0.5) is 5.69 Å². The van der Waals surface area contributed by atoms with Gasteiger partial charge in [-0.25, -0.2) is 9.36 Å². The molecule has 1 aromatic rings. The summed E-state index contributed by atoms with van der Waals surface area (Å²) in [5.74, 6) is -0.988. The van der Waals surface area contributed by atoms with Crippen molar-refractivity contribution in [2.75, 3.05) is 12.3 Å². The molecule has 10 N–H and O–H groups in total. The third-order valence-electron chi connectivity index (χ3n) is 2.26. The molecule has 0 spiro atoms. The van der Waals surface area contributed by atoms with E-state index in [2.05, 4.69) is 0 Å². The normalized spacial score (nSPS) is 13.9. The first-order chi connectivity index (χ1) is 11.3. The van der Waals surface area contributed by atoms with Gasteiger partial charge in [0.25, 0.3) is 0 Å². The fourth-order valence-corrected chi connectivity index (χ4v) is 1.11. The molecule has 13 heteroatoms. The molecule has 0 aliphatic rings. The monoisotopic (exact) mass is 385 g/mol. The lowest BCUT2D eigenvalue weighted by molar-refractivity contribution is -0.127. The number of carbonyl (C=O) groups is 2. The molecule has 0 saturated heterocycles. The minimum absolute atomic E-state index is 0.0869. The van der Waals surface area contributed by atoms with Gasteiger partial charge in [0.1, 0.15) is 18.3 Å². The summed E-state index contributed by atoms with van der Waals surface area (Å²) < 4.78 is 8.88. The standard InChI is InChI=1S/C7H7NO2.C5H10O5.H3O4P/c8-6-4-2-1-3-5(6)7(9)10;6-1-3(8)5(10)4(9)2-7;1-5(2,3)4/h1-4H,8H2,(H,9,10);1,3-5,7-10H,2H2;(H3,1,2,3,4). The number of benzene rings is 1. The van der Waals surface area contributed by atoms with Gasteiger partial charge >= 0.3 is 13.8 Å². The maximum Gasteiger partial charge on any atom is 0.466 e. The maximum absolute atomic E-state index is 10.3. The molecule has 1 aromatic carbocycles. The van der Waals surface area contributed by atoms with Crippen molar-refractivity contribution in [2.24, 2.45) is 0 Å². The zero-order chi connectivity index (χ0) is 20.2. The molecule has 12 nitrogen and oxygen atoms in total. The van der Waals surface area contributed by atoms with Gasteiger partial charge < -0.3 is 50.7 Å². The van der Waals surface area contributed by atoms with Crippen molar-refractivity contribution >= 4 is 25.8 Å². The van der Waals surface area contributed by atoms with E-state index in [1.165, 1.54) is 6.07 Å². The smallest absolute Gasteiger partial charge is 0.466 e. The van der Waals surface area contributed by atoms with Crippen molar-refractivity contribution in [3.8, 4) is 0 Å². The van der Waals surface area contributed by atoms with Crippen LogP contribution in [0.2, 0.25) is 0 Å². The van der Waals surface area contributed by atoms with Gasteiger partial charge in [-0.2, -0.15) is 0 Å². The first kappa shape index (κ1) is 25.4. The summed E-state index contributed by atoms with van der Waals surface area (Å²) in [6, 6.07) is 6.36. The quantitative estimate of drug-likeness (QED) is 0.143. The number of aliphatic hydroxyl groups excluding tert-OH is 4. The fourth-order valence-electron chi connectivity index (χ4n) is 1.11. The molecule has 0 fully saturated rings. The van der Waals surface area contributed by atoms with Crippen molar-refractivity contribution in [1.29, 1.82) is 0 Å². The van der Waals surface area contributed by atoms with Crippen LogP contribution in [0.25, 0.3) is 0 Å². The molecule has 3 unspecified atom stereocenters. The number of aldehydes is 1. The Morgan fingerprint density at radius 3 is 1.88 bits per heavy atom. The van der Waals surface area contributed by atoms with Crippen molar-refractivity contribution < 1.29 is 54.4 Å². The van der Waals surface area contributed by atoms with Gasteiger partial charge in [-0.05, 0) is 12.1 Å². The van der Waals surface area contributed by atoms with Gasteiger partial charge in [-0.3, -0.25) is 0 Å². The van der Waals surface area contributed by atoms with E-state index < -0.39 is 38.7 Å². The van der Waals surface area contributed by atoms with E-state index >= 15 is 0 Å². The molecule has 0 amide bonds. The third-order valence-corrected chi connectivity index (χ3v) is 2.26. The van der Waals surface area contributed by atoms with Crippen molar-refractivity contribution in [1.82, 2.24) is 0 Å². The van der Waals surface area contributed by atoms with E-state index in [9.17, 15) is 9.59 Å². The second-order valence-electron chi connectivity index (χ2n) is 4.27. The third kappa shape index (κ3) is 14.2. The average molecular weight is 385 g/mol. The van der Waals surface area contributed by atoms with Crippen LogP contribution in [0, 0.1) is 0 Å². The van der Waals surface area contributed by atoms with E-state index in [4.69, 9.17) is 50.5 Å². The van der Waals surface area contributed by atoms with Gasteiger partial charge in [-0.15, -0.1) is 0 Å². The van der Waals surface area contributed by atoms with Crippen LogP contribution < -0.4 is 5.73 Å². The summed E-state index contributed by atoms with van der Waals surface area (Å²) in [5.41, 5.74) is 5.80. The van der Waals surface area contributed by atoms with E-state index in [1.807, 2.05) is 0 Å². The number of aliphatic hydroxyl groups is 4. The Labute approximate surface area is 141 Å². The average Bonchev–Trinajstić information content (AvgIpc) is 2.51. The predicted molar refractivity (Wildman–Crippen MR) is 83.2 cm³/mol. The molecule has 144 valence electrons. The Balaban J connectivity index is 0. The number of nitrogen functional groups attached to an aromatic ring is 1. The van der Waals surface area contributed by atoms with Crippen molar-refractivity contribution in [3.05, 3.63) is 29.8 Å². The highest BCUT2D eigenvalue weighted by molar-refractivity contribution is 7.45. The predicted octanol–water partition coefficient (Wildman–Crippen LogP) is -2.70. The topological polar surface area (TPSA) is 239 Å². The molecular formula is C12H20NO11P. The number of para-hydroxylation sites is 1. The van der Waals surface area contributed by atoms with E-state index in [-0.39, 0.29) is 11.8 Å². The molecule has 0 bridgehead atoms. The van der Waals surface area contributed by atoms with Gasteiger partial charge in [0.05, 0.1) is 12.2 Å². The number of rotatable bonds is 5. The van der Waals surface area contributed by atoms with Crippen molar-refractivity contribution in [2.45, 2.75) is 18.3 Å². The number of aromatic carboxylic acids is 1.